The van der Waals surface area contributed by atoms with Gasteiger partial charge in [0.1, 0.15) is 11.6 Å². The standard InChI is InChI=1S/C16H15FN2O2/c17-13-5-2-1-4-12(13)14-6-7-15(21-14)16-18-8-10-19(16)9-3-11-20/h1-2,4-8,10,20H,3,9,11H2. The maximum Gasteiger partial charge on any atom is 0.176 e. The van der Waals surface area contributed by atoms with E-state index in [4.69, 9.17) is 9.52 Å². The predicted molar refractivity (Wildman–Crippen MR) is 77.0 cm³/mol. The molecule has 0 aliphatic carbocycles. The molecule has 0 bridgehead atoms. The van der Waals surface area contributed by atoms with E-state index in [1.165, 1.54) is 6.07 Å². The average molecular weight is 286 g/mol. The highest BCUT2D eigenvalue weighted by atomic mass is 19.1. The molecule has 0 aliphatic heterocycles. The Labute approximate surface area is 121 Å². The highest BCUT2D eigenvalue weighted by molar-refractivity contribution is 5.62. The third-order valence-electron chi connectivity index (χ3n) is 3.24. The van der Waals surface area contributed by atoms with E-state index < -0.39 is 0 Å². The summed E-state index contributed by atoms with van der Waals surface area (Å²) in [5.74, 6) is 1.41. The lowest BCUT2D eigenvalue weighted by atomic mass is 10.1. The molecule has 3 rings (SSSR count). The molecule has 0 aliphatic rings. The summed E-state index contributed by atoms with van der Waals surface area (Å²) in [5, 5.41) is 8.91. The van der Waals surface area contributed by atoms with Crippen molar-refractivity contribution in [3.8, 4) is 22.9 Å². The number of aromatic nitrogens is 2. The summed E-state index contributed by atoms with van der Waals surface area (Å²) in [5.41, 5.74) is 0.428. The SMILES string of the molecule is OCCCn1ccnc1-c1ccc(-c2ccccc2F)o1. The molecule has 0 fully saturated rings. The zero-order valence-corrected chi connectivity index (χ0v) is 11.4. The van der Waals surface area contributed by atoms with Gasteiger partial charge in [0.25, 0.3) is 0 Å². The first kappa shape index (κ1) is 13.6. The van der Waals surface area contributed by atoms with E-state index in [-0.39, 0.29) is 12.4 Å². The Hall–Kier alpha value is -2.40. The summed E-state index contributed by atoms with van der Waals surface area (Å²) in [4.78, 5) is 4.26. The van der Waals surface area contributed by atoms with Crippen molar-refractivity contribution in [2.75, 3.05) is 6.61 Å². The Bertz CT molecular complexity index is 733. The van der Waals surface area contributed by atoms with Gasteiger partial charge >= 0.3 is 0 Å². The van der Waals surface area contributed by atoms with Gasteiger partial charge in [0, 0.05) is 25.5 Å². The summed E-state index contributed by atoms with van der Waals surface area (Å²) in [6, 6.07) is 10.0. The van der Waals surface area contributed by atoms with Crippen molar-refractivity contribution in [1.29, 1.82) is 0 Å². The number of benzene rings is 1. The summed E-state index contributed by atoms with van der Waals surface area (Å²) in [6.45, 7) is 0.776. The van der Waals surface area contributed by atoms with Gasteiger partial charge in [-0.15, -0.1) is 0 Å². The van der Waals surface area contributed by atoms with Crippen molar-refractivity contribution in [2.24, 2.45) is 0 Å². The number of aliphatic hydroxyl groups is 1. The first-order valence-electron chi connectivity index (χ1n) is 6.76. The third-order valence-corrected chi connectivity index (χ3v) is 3.24. The number of nitrogens with zero attached hydrogens (tertiary/aromatic N) is 2. The monoisotopic (exact) mass is 286 g/mol. The molecular formula is C16H15FN2O2. The molecule has 108 valence electrons. The third kappa shape index (κ3) is 2.73. The van der Waals surface area contributed by atoms with E-state index in [0.717, 1.165) is 0 Å². The summed E-state index contributed by atoms with van der Waals surface area (Å²) >= 11 is 0. The number of imidazole rings is 1. The zero-order valence-electron chi connectivity index (χ0n) is 11.4. The molecular weight excluding hydrogens is 271 g/mol. The molecule has 1 aromatic carbocycles. The molecule has 0 unspecified atom stereocenters. The van der Waals surface area contributed by atoms with Crippen LogP contribution in [0.2, 0.25) is 0 Å². The molecule has 0 atom stereocenters. The molecule has 21 heavy (non-hydrogen) atoms. The maximum atomic E-state index is 13.8. The van der Waals surface area contributed by atoms with E-state index in [1.54, 1.807) is 36.5 Å². The number of aryl methyl sites for hydroxylation is 1. The molecule has 4 nitrogen and oxygen atoms in total. The molecule has 1 N–H and O–H groups in total. The number of rotatable bonds is 5. The minimum atomic E-state index is -0.318. The molecule has 0 saturated carbocycles. The second-order valence-electron chi connectivity index (χ2n) is 4.67. The maximum absolute atomic E-state index is 13.8. The van der Waals surface area contributed by atoms with Crippen LogP contribution in [0.25, 0.3) is 22.9 Å². The molecule has 2 aromatic heterocycles. The van der Waals surface area contributed by atoms with Gasteiger partial charge in [-0.05, 0) is 30.7 Å². The van der Waals surface area contributed by atoms with Crippen LogP contribution in [0, 0.1) is 5.82 Å². The highest BCUT2D eigenvalue weighted by Gasteiger charge is 2.13. The van der Waals surface area contributed by atoms with Gasteiger partial charge in [-0.3, -0.25) is 0 Å². The van der Waals surface area contributed by atoms with Crippen molar-refractivity contribution < 1.29 is 13.9 Å². The van der Waals surface area contributed by atoms with Gasteiger partial charge in [-0.1, -0.05) is 12.1 Å². The number of hydrogen-bond donors (Lipinski definition) is 1. The Morgan fingerprint density at radius 3 is 2.76 bits per heavy atom. The fraction of sp³-hybridized carbons (Fsp3) is 0.188. The Kier molecular flexibility index (Phi) is 3.83. The fourth-order valence-electron chi connectivity index (χ4n) is 2.22. The number of hydrogen-bond acceptors (Lipinski definition) is 3. The molecule has 0 saturated heterocycles. The van der Waals surface area contributed by atoms with Crippen molar-refractivity contribution in [3.05, 3.63) is 54.6 Å². The Morgan fingerprint density at radius 1 is 1.14 bits per heavy atom. The lowest BCUT2D eigenvalue weighted by Gasteiger charge is -2.04. The Balaban J connectivity index is 1.92. The largest absolute Gasteiger partial charge is 0.453 e. The number of aliphatic hydroxyl groups excluding tert-OH is 1. The second kappa shape index (κ2) is 5.93. The molecule has 0 radical (unpaired) electrons. The quantitative estimate of drug-likeness (QED) is 0.782. The van der Waals surface area contributed by atoms with Crippen molar-refractivity contribution in [3.63, 3.8) is 0 Å². The van der Waals surface area contributed by atoms with Gasteiger partial charge < -0.3 is 14.1 Å². The van der Waals surface area contributed by atoms with E-state index in [0.29, 0.717) is 35.9 Å². The topological polar surface area (TPSA) is 51.2 Å². The van der Waals surface area contributed by atoms with Gasteiger partial charge in [0.15, 0.2) is 11.6 Å². The predicted octanol–water partition coefficient (Wildman–Crippen LogP) is 3.33. The molecule has 0 amide bonds. The van der Waals surface area contributed by atoms with Crippen LogP contribution in [0.15, 0.2) is 53.2 Å². The fourth-order valence-corrected chi connectivity index (χ4v) is 2.22. The van der Waals surface area contributed by atoms with Crippen LogP contribution in [-0.4, -0.2) is 21.3 Å². The molecule has 5 heteroatoms. The van der Waals surface area contributed by atoms with Crippen LogP contribution < -0.4 is 0 Å². The summed E-state index contributed by atoms with van der Waals surface area (Å²) in [7, 11) is 0. The van der Waals surface area contributed by atoms with Crippen LogP contribution in [0.5, 0.6) is 0 Å². The lowest BCUT2D eigenvalue weighted by Crippen LogP contribution is -2.00. The number of furan rings is 1. The van der Waals surface area contributed by atoms with Crippen LogP contribution in [0.4, 0.5) is 4.39 Å². The van der Waals surface area contributed by atoms with Crippen LogP contribution in [-0.2, 0) is 6.54 Å². The van der Waals surface area contributed by atoms with E-state index in [2.05, 4.69) is 4.98 Å². The highest BCUT2D eigenvalue weighted by Crippen LogP contribution is 2.29. The van der Waals surface area contributed by atoms with Crippen LogP contribution >= 0.6 is 0 Å². The number of halogens is 1. The van der Waals surface area contributed by atoms with Crippen LogP contribution in [0.1, 0.15) is 6.42 Å². The molecule has 2 heterocycles. The summed E-state index contributed by atoms with van der Waals surface area (Å²) < 4.78 is 21.4. The smallest absolute Gasteiger partial charge is 0.176 e. The molecule has 3 aromatic rings. The minimum absolute atomic E-state index is 0.121. The van der Waals surface area contributed by atoms with E-state index >= 15 is 0 Å². The average Bonchev–Trinajstić information content (AvgIpc) is 3.14. The zero-order chi connectivity index (χ0) is 14.7. The minimum Gasteiger partial charge on any atom is -0.453 e. The van der Waals surface area contributed by atoms with Crippen molar-refractivity contribution >= 4 is 0 Å². The van der Waals surface area contributed by atoms with Gasteiger partial charge in [-0.2, -0.15) is 0 Å². The van der Waals surface area contributed by atoms with Crippen molar-refractivity contribution in [2.45, 2.75) is 13.0 Å². The second-order valence-corrected chi connectivity index (χ2v) is 4.67. The first-order chi connectivity index (χ1) is 10.3. The van der Waals surface area contributed by atoms with Gasteiger partial charge in [0.05, 0.1) is 5.56 Å². The lowest BCUT2D eigenvalue weighted by molar-refractivity contribution is 0.280. The van der Waals surface area contributed by atoms with E-state index in [9.17, 15) is 4.39 Å². The van der Waals surface area contributed by atoms with Gasteiger partial charge in [-0.25, -0.2) is 9.37 Å². The van der Waals surface area contributed by atoms with Crippen molar-refractivity contribution in [1.82, 2.24) is 9.55 Å². The Morgan fingerprint density at radius 2 is 1.95 bits per heavy atom. The van der Waals surface area contributed by atoms with Crippen LogP contribution in [0.3, 0.4) is 0 Å². The normalized spacial score (nSPS) is 11.0. The molecule has 0 spiro atoms. The van der Waals surface area contributed by atoms with Gasteiger partial charge in [0.2, 0.25) is 0 Å². The van der Waals surface area contributed by atoms with E-state index in [1.807, 2.05) is 10.8 Å². The summed E-state index contributed by atoms with van der Waals surface area (Å²) in [6.07, 6.45) is 4.15. The first-order valence-corrected chi connectivity index (χ1v) is 6.76.